The average Bonchev–Trinajstić information content (AvgIpc) is 3.03. The van der Waals surface area contributed by atoms with Gasteiger partial charge in [-0.05, 0) is 42.8 Å². The van der Waals surface area contributed by atoms with Crippen LogP contribution in [0, 0.1) is 0 Å². The monoisotopic (exact) mass is 455 g/mol. The Kier molecular flexibility index (Phi) is 6.04. The number of Topliss-reactive ketones (excluding diaryl/α,β-unsaturated/α-hetero) is 1. The molecule has 0 radical (unpaired) electrons. The number of aryl methyl sites for hydroxylation is 1. The van der Waals surface area contributed by atoms with Gasteiger partial charge in [-0.15, -0.1) is 13.2 Å². The second kappa shape index (κ2) is 8.93. The quantitative estimate of drug-likeness (QED) is 0.374. The van der Waals surface area contributed by atoms with E-state index in [-0.39, 0.29) is 18.0 Å². The Bertz CT molecular complexity index is 1300. The molecule has 170 valence electrons. The number of imidazole rings is 1. The summed E-state index contributed by atoms with van der Waals surface area (Å²) in [4.78, 5) is 20.2. The van der Waals surface area contributed by atoms with Crippen molar-refractivity contribution in [3.8, 4) is 17.2 Å². The fraction of sp³-hybridized carbons (Fsp3) is 0.208. The minimum atomic E-state index is -4.72. The van der Waals surface area contributed by atoms with E-state index in [1.807, 2.05) is 29.8 Å². The van der Waals surface area contributed by atoms with Gasteiger partial charge >= 0.3 is 6.36 Å². The van der Waals surface area contributed by atoms with Gasteiger partial charge < -0.3 is 14.0 Å². The molecule has 0 amide bonds. The molecule has 4 aromatic rings. The Balaban J connectivity index is 1.52. The third kappa shape index (κ3) is 5.68. The molecular weight excluding hydrogens is 435 g/mol. The maximum absolute atomic E-state index is 12.3. The highest BCUT2D eigenvalue weighted by Crippen LogP contribution is 2.27. The Morgan fingerprint density at radius 3 is 2.39 bits per heavy atom. The number of hydrogen-bond acceptors (Lipinski definition) is 5. The summed E-state index contributed by atoms with van der Waals surface area (Å²) in [5.74, 6) is 1.66. The Morgan fingerprint density at radius 1 is 1.00 bits per heavy atom. The van der Waals surface area contributed by atoms with Crippen molar-refractivity contribution in [1.82, 2.24) is 14.5 Å². The lowest BCUT2D eigenvalue weighted by molar-refractivity contribution is -0.274. The number of pyridine rings is 1. The number of benzene rings is 2. The maximum atomic E-state index is 12.3. The van der Waals surface area contributed by atoms with Gasteiger partial charge in [0.2, 0.25) is 0 Å². The van der Waals surface area contributed by atoms with Crippen molar-refractivity contribution < 1.29 is 27.4 Å². The second-order valence-electron chi connectivity index (χ2n) is 7.57. The molecule has 0 saturated carbocycles. The summed E-state index contributed by atoms with van der Waals surface area (Å²) < 4.78 is 48.8. The van der Waals surface area contributed by atoms with Crippen molar-refractivity contribution in [3.63, 3.8) is 0 Å². The SMILES string of the molecule is CC(=O)Cc1cc(Oc2ccc3c(c2)nc(Cc2ccc(OC(F)(F)F)cc2)n3C)ccn1. The van der Waals surface area contributed by atoms with Crippen LogP contribution >= 0.6 is 0 Å². The van der Waals surface area contributed by atoms with E-state index in [9.17, 15) is 18.0 Å². The lowest BCUT2D eigenvalue weighted by atomic mass is 10.1. The zero-order valence-electron chi connectivity index (χ0n) is 17.9. The summed E-state index contributed by atoms with van der Waals surface area (Å²) in [6.45, 7) is 1.51. The number of carbonyl (C=O) groups excluding carboxylic acids is 1. The number of aromatic nitrogens is 3. The summed E-state index contributed by atoms with van der Waals surface area (Å²) in [5, 5.41) is 0. The third-order valence-electron chi connectivity index (χ3n) is 4.92. The molecule has 9 heteroatoms. The predicted octanol–water partition coefficient (Wildman–Crippen LogP) is 5.38. The van der Waals surface area contributed by atoms with Crippen molar-refractivity contribution in [2.24, 2.45) is 7.05 Å². The number of alkyl halides is 3. The van der Waals surface area contributed by atoms with Crippen LogP contribution in [0.25, 0.3) is 11.0 Å². The number of carbonyl (C=O) groups is 1. The normalized spacial score (nSPS) is 11.5. The molecule has 0 saturated heterocycles. The van der Waals surface area contributed by atoms with Crippen LogP contribution in [0.15, 0.2) is 60.8 Å². The Labute approximate surface area is 187 Å². The van der Waals surface area contributed by atoms with Crippen LogP contribution < -0.4 is 9.47 Å². The van der Waals surface area contributed by atoms with Gasteiger partial charge in [-0.2, -0.15) is 0 Å². The van der Waals surface area contributed by atoms with Crippen molar-refractivity contribution in [2.45, 2.75) is 26.1 Å². The van der Waals surface area contributed by atoms with E-state index in [4.69, 9.17) is 4.74 Å². The molecule has 0 spiro atoms. The molecule has 2 aromatic heterocycles. The van der Waals surface area contributed by atoms with Crippen LogP contribution in [-0.4, -0.2) is 26.7 Å². The average molecular weight is 455 g/mol. The molecule has 0 aliphatic rings. The molecule has 0 aliphatic carbocycles. The van der Waals surface area contributed by atoms with Gasteiger partial charge in [0.05, 0.1) is 16.7 Å². The minimum absolute atomic E-state index is 0.0182. The van der Waals surface area contributed by atoms with Gasteiger partial charge in [-0.1, -0.05) is 12.1 Å². The topological polar surface area (TPSA) is 66.2 Å². The fourth-order valence-corrected chi connectivity index (χ4v) is 3.45. The van der Waals surface area contributed by atoms with Gasteiger partial charge in [0.1, 0.15) is 28.9 Å². The molecule has 0 fully saturated rings. The van der Waals surface area contributed by atoms with Gasteiger partial charge in [0.25, 0.3) is 0 Å². The van der Waals surface area contributed by atoms with Gasteiger partial charge in [0, 0.05) is 38.2 Å². The molecule has 0 aliphatic heterocycles. The molecule has 0 bridgehead atoms. The minimum Gasteiger partial charge on any atom is -0.457 e. The third-order valence-corrected chi connectivity index (χ3v) is 4.92. The van der Waals surface area contributed by atoms with Gasteiger partial charge in [0.15, 0.2) is 0 Å². The zero-order chi connectivity index (χ0) is 23.6. The number of hydrogen-bond donors (Lipinski definition) is 0. The Hall–Kier alpha value is -3.88. The second-order valence-corrected chi connectivity index (χ2v) is 7.57. The van der Waals surface area contributed by atoms with Gasteiger partial charge in [-0.25, -0.2) is 4.98 Å². The van der Waals surface area contributed by atoms with E-state index in [2.05, 4.69) is 14.7 Å². The maximum Gasteiger partial charge on any atom is 0.573 e. The van der Waals surface area contributed by atoms with E-state index >= 15 is 0 Å². The van der Waals surface area contributed by atoms with Crippen LogP contribution in [0.2, 0.25) is 0 Å². The van der Waals surface area contributed by atoms with E-state index in [1.165, 1.54) is 19.1 Å². The zero-order valence-corrected chi connectivity index (χ0v) is 17.9. The van der Waals surface area contributed by atoms with Crippen molar-refractivity contribution in [1.29, 1.82) is 0 Å². The smallest absolute Gasteiger partial charge is 0.457 e. The number of ether oxygens (including phenoxy) is 2. The van der Waals surface area contributed by atoms with E-state index in [0.717, 1.165) is 22.4 Å². The summed E-state index contributed by atoms with van der Waals surface area (Å²) >= 11 is 0. The molecule has 33 heavy (non-hydrogen) atoms. The van der Waals surface area contributed by atoms with Crippen LogP contribution in [0.1, 0.15) is 24.0 Å². The lowest BCUT2D eigenvalue weighted by Crippen LogP contribution is -2.17. The number of rotatable bonds is 7. The first kappa shape index (κ1) is 22.3. The first-order chi connectivity index (χ1) is 15.7. The summed E-state index contributed by atoms with van der Waals surface area (Å²) in [6, 6.07) is 14.7. The number of fused-ring (bicyclic) bond motifs is 1. The molecule has 0 unspecified atom stereocenters. The fourth-order valence-electron chi connectivity index (χ4n) is 3.45. The molecule has 4 rings (SSSR count). The summed E-state index contributed by atoms with van der Waals surface area (Å²) in [7, 11) is 1.88. The van der Waals surface area contributed by atoms with Crippen LogP contribution in [0.3, 0.4) is 0 Å². The van der Waals surface area contributed by atoms with E-state index in [1.54, 1.807) is 30.5 Å². The van der Waals surface area contributed by atoms with Crippen LogP contribution in [0.4, 0.5) is 13.2 Å². The predicted molar refractivity (Wildman–Crippen MR) is 115 cm³/mol. The van der Waals surface area contributed by atoms with E-state index < -0.39 is 6.36 Å². The first-order valence-corrected chi connectivity index (χ1v) is 10.1. The Morgan fingerprint density at radius 2 is 1.70 bits per heavy atom. The number of nitrogens with zero attached hydrogens (tertiary/aromatic N) is 3. The first-order valence-electron chi connectivity index (χ1n) is 10.1. The van der Waals surface area contributed by atoms with E-state index in [0.29, 0.717) is 23.6 Å². The number of halogens is 3. The summed E-state index contributed by atoms with van der Waals surface area (Å²) in [5.41, 5.74) is 3.04. The van der Waals surface area contributed by atoms with Crippen LogP contribution in [0.5, 0.6) is 17.2 Å². The molecule has 2 heterocycles. The van der Waals surface area contributed by atoms with Gasteiger partial charge in [-0.3, -0.25) is 9.78 Å². The highest BCUT2D eigenvalue weighted by atomic mass is 19.4. The highest BCUT2D eigenvalue weighted by Gasteiger charge is 2.30. The molecular formula is C24H20F3N3O3. The largest absolute Gasteiger partial charge is 0.573 e. The van der Waals surface area contributed by atoms with Crippen molar-refractivity contribution >= 4 is 16.8 Å². The summed E-state index contributed by atoms with van der Waals surface area (Å²) in [6.07, 6.45) is -2.45. The molecule has 0 N–H and O–H groups in total. The van der Waals surface area contributed by atoms with Crippen molar-refractivity contribution in [2.75, 3.05) is 0 Å². The molecule has 0 atom stereocenters. The molecule has 2 aromatic carbocycles. The number of ketones is 1. The van der Waals surface area contributed by atoms with Crippen LogP contribution in [-0.2, 0) is 24.7 Å². The van der Waals surface area contributed by atoms with Crippen molar-refractivity contribution in [3.05, 3.63) is 77.9 Å². The molecule has 6 nitrogen and oxygen atoms in total. The standard InChI is InChI=1S/C24H20F3N3O3/c1-15(31)11-17-13-20(9-10-28-17)32-19-7-8-22-21(14-19)29-23(30(22)2)12-16-3-5-18(6-4-16)33-24(25,26)27/h3-10,13-14H,11-12H2,1-2H3. The highest BCUT2D eigenvalue weighted by molar-refractivity contribution is 5.78. The lowest BCUT2D eigenvalue weighted by Gasteiger charge is -2.09.